The normalized spacial score (nSPS) is 13.3. The van der Waals surface area contributed by atoms with Gasteiger partial charge >= 0.3 is 0 Å². The molecule has 9 aromatic rings. The molecule has 8 aromatic carbocycles. The van der Waals surface area contributed by atoms with Crippen molar-refractivity contribution in [2.24, 2.45) is 0 Å². The van der Waals surface area contributed by atoms with Gasteiger partial charge in [0.2, 0.25) is 0 Å². The van der Waals surface area contributed by atoms with Crippen molar-refractivity contribution in [2.75, 3.05) is 0 Å². The number of benzene rings is 8. The Hall–Kier alpha value is -6.91. The Labute approximate surface area is 300 Å². The quantitative estimate of drug-likeness (QED) is 0.189. The molecule has 1 aliphatic heterocycles. The molecule has 2 heterocycles. The molecule has 242 valence electrons. The highest BCUT2D eigenvalue weighted by Crippen LogP contribution is 2.64. The Balaban J connectivity index is 1.20. The van der Waals surface area contributed by atoms with Crippen LogP contribution in [0.3, 0.4) is 0 Å². The number of ether oxygens (including phenoxy) is 1. The molecule has 1 aromatic heterocycles. The molecule has 52 heavy (non-hydrogen) atoms. The fourth-order valence-electron chi connectivity index (χ4n) is 8.48. The summed E-state index contributed by atoms with van der Waals surface area (Å²) in [5, 5.41) is 4.51. The van der Waals surface area contributed by atoms with E-state index in [-0.39, 0.29) is 0 Å². The summed E-state index contributed by atoms with van der Waals surface area (Å²) < 4.78 is 7.10. The Morgan fingerprint density at radius 3 is 1.40 bits per heavy atom. The number of hydrogen-bond donors (Lipinski definition) is 0. The molecule has 0 saturated heterocycles. The molecule has 0 unspecified atom stereocenters. The van der Waals surface area contributed by atoms with E-state index in [4.69, 9.17) is 19.7 Å². The molecule has 0 saturated carbocycles. The summed E-state index contributed by atoms with van der Waals surface area (Å²) in [6.45, 7) is 0. The lowest BCUT2D eigenvalue weighted by Gasteiger charge is -2.40. The van der Waals surface area contributed by atoms with Crippen LogP contribution in [-0.4, -0.2) is 15.0 Å². The molecule has 0 N–H and O–H groups in total. The minimum absolute atomic E-state index is 0.606. The van der Waals surface area contributed by atoms with Gasteiger partial charge in [0.25, 0.3) is 0 Å². The number of rotatable bonds is 3. The fourth-order valence-corrected chi connectivity index (χ4v) is 8.48. The van der Waals surface area contributed by atoms with Crippen molar-refractivity contribution in [3.05, 3.63) is 198 Å². The second-order valence-electron chi connectivity index (χ2n) is 13.5. The summed E-state index contributed by atoms with van der Waals surface area (Å²) in [6, 6.07) is 62.0. The molecule has 4 nitrogen and oxygen atoms in total. The first-order valence-corrected chi connectivity index (χ1v) is 17.6. The van der Waals surface area contributed by atoms with E-state index in [0.29, 0.717) is 17.5 Å². The molecule has 0 bridgehead atoms. The first-order valence-electron chi connectivity index (χ1n) is 17.6. The second-order valence-corrected chi connectivity index (χ2v) is 13.5. The van der Waals surface area contributed by atoms with Gasteiger partial charge in [0.1, 0.15) is 11.5 Å². The zero-order valence-corrected chi connectivity index (χ0v) is 28.0. The third kappa shape index (κ3) is 4.06. The molecular weight excluding hydrogens is 635 g/mol. The Morgan fingerprint density at radius 2 is 0.808 bits per heavy atom. The standard InChI is InChI=1S/C48H29N3O/c1-3-15-32(16-4-1)45-49-46(33-17-5-2-6-18-33)51-47(50-45)34-25-26-40-38(29-34)37-21-11-12-22-39(37)48(40)41-27-23-30-13-7-9-19-35(30)43(41)52-44-36-20-10-8-14-31(36)24-28-42(44)48/h1-29H. The Morgan fingerprint density at radius 1 is 0.346 bits per heavy atom. The van der Waals surface area contributed by atoms with Crippen molar-refractivity contribution in [1.29, 1.82) is 0 Å². The van der Waals surface area contributed by atoms with Crippen LogP contribution in [0.5, 0.6) is 11.5 Å². The van der Waals surface area contributed by atoms with Gasteiger partial charge < -0.3 is 4.74 Å². The van der Waals surface area contributed by atoms with Crippen LogP contribution in [0.1, 0.15) is 22.3 Å². The van der Waals surface area contributed by atoms with Gasteiger partial charge in [0, 0.05) is 38.6 Å². The van der Waals surface area contributed by atoms with Crippen molar-refractivity contribution in [2.45, 2.75) is 5.41 Å². The van der Waals surface area contributed by atoms with E-state index in [2.05, 4.69) is 115 Å². The lowest BCUT2D eigenvalue weighted by molar-refractivity contribution is 0.447. The molecule has 4 heteroatoms. The van der Waals surface area contributed by atoms with E-state index in [1.54, 1.807) is 0 Å². The van der Waals surface area contributed by atoms with Crippen molar-refractivity contribution in [1.82, 2.24) is 15.0 Å². The van der Waals surface area contributed by atoms with Gasteiger partial charge in [-0.3, -0.25) is 0 Å². The van der Waals surface area contributed by atoms with Crippen molar-refractivity contribution in [3.63, 3.8) is 0 Å². The van der Waals surface area contributed by atoms with Crippen molar-refractivity contribution >= 4 is 21.5 Å². The molecule has 0 fully saturated rings. The zero-order chi connectivity index (χ0) is 34.2. The molecule has 0 atom stereocenters. The highest BCUT2D eigenvalue weighted by molar-refractivity contribution is 6.00. The van der Waals surface area contributed by atoms with Gasteiger partial charge in [-0.2, -0.15) is 0 Å². The van der Waals surface area contributed by atoms with Crippen molar-refractivity contribution < 1.29 is 4.74 Å². The maximum absolute atomic E-state index is 7.10. The van der Waals surface area contributed by atoms with Crippen LogP contribution >= 0.6 is 0 Å². The fraction of sp³-hybridized carbons (Fsp3) is 0.0208. The van der Waals surface area contributed by atoms with Gasteiger partial charge in [-0.15, -0.1) is 0 Å². The summed E-state index contributed by atoms with van der Waals surface area (Å²) in [5.74, 6) is 3.75. The van der Waals surface area contributed by atoms with Crippen molar-refractivity contribution in [3.8, 4) is 56.8 Å². The lowest BCUT2D eigenvalue weighted by Crippen LogP contribution is -2.32. The predicted molar refractivity (Wildman–Crippen MR) is 209 cm³/mol. The second kappa shape index (κ2) is 11.0. The minimum Gasteiger partial charge on any atom is -0.455 e. The van der Waals surface area contributed by atoms with E-state index in [1.807, 2.05) is 60.7 Å². The minimum atomic E-state index is -0.606. The Kier molecular flexibility index (Phi) is 6.13. The first kappa shape index (κ1) is 28.9. The molecule has 1 spiro atoms. The highest BCUT2D eigenvalue weighted by Gasteiger charge is 2.51. The first-order chi connectivity index (χ1) is 25.8. The number of aromatic nitrogens is 3. The summed E-state index contributed by atoms with van der Waals surface area (Å²) >= 11 is 0. The van der Waals surface area contributed by atoms with Gasteiger partial charge in [-0.1, -0.05) is 170 Å². The maximum Gasteiger partial charge on any atom is 0.164 e. The van der Waals surface area contributed by atoms with Crippen LogP contribution in [-0.2, 0) is 5.41 Å². The molecule has 0 radical (unpaired) electrons. The monoisotopic (exact) mass is 663 g/mol. The SMILES string of the molecule is c1ccc(-c2nc(-c3ccccc3)nc(-c3ccc4c(c3)-c3ccccc3C43c4ccc5ccccc5c4Oc4c3ccc3ccccc43)n2)cc1. The smallest absolute Gasteiger partial charge is 0.164 e. The van der Waals surface area contributed by atoms with E-state index in [9.17, 15) is 0 Å². The van der Waals surface area contributed by atoms with E-state index < -0.39 is 5.41 Å². The highest BCUT2D eigenvalue weighted by atomic mass is 16.5. The third-order valence-electron chi connectivity index (χ3n) is 10.8. The maximum atomic E-state index is 7.10. The van der Waals surface area contributed by atoms with Crippen LogP contribution in [0, 0.1) is 0 Å². The zero-order valence-electron chi connectivity index (χ0n) is 28.0. The van der Waals surface area contributed by atoms with Gasteiger partial charge in [0.15, 0.2) is 17.5 Å². The van der Waals surface area contributed by atoms with E-state index in [0.717, 1.165) is 66.4 Å². The average molecular weight is 664 g/mol. The summed E-state index contributed by atoms with van der Waals surface area (Å²) in [6.07, 6.45) is 0. The average Bonchev–Trinajstić information content (AvgIpc) is 3.51. The number of nitrogens with zero attached hydrogens (tertiary/aromatic N) is 3. The number of hydrogen-bond acceptors (Lipinski definition) is 4. The molecule has 1 aliphatic carbocycles. The summed E-state index contributed by atoms with van der Waals surface area (Å²) in [5.41, 5.74) is 9.33. The lowest BCUT2D eigenvalue weighted by atomic mass is 9.65. The van der Waals surface area contributed by atoms with E-state index >= 15 is 0 Å². The van der Waals surface area contributed by atoms with Crippen LogP contribution < -0.4 is 4.74 Å². The van der Waals surface area contributed by atoms with Gasteiger partial charge in [-0.05, 0) is 39.1 Å². The van der Waals surface area contributed by atoms with Gasteiger partial charge in [-0.25, -0.2) is 15.0 Å². The Bertz CT molecular complexity index is 2740. The summed E-state index contributed by atoms with van der Waals surface area (Å²) in [4.78, 5) is 15.1. The number of fused-ring (bicyclic) bond motifs is 13. The van der Waals surface area contributed by atoms with Crippen LogP contribution in [0.2, 0.25) is 0 Å². The van der Waals surface area contributed by atoms with E-state index in [1.165, 1.54) is 16.7 Å². The molecule has 0 amide bonds. The largest absolute Gasteiger partial charge is 0.455 e. The third-order valence-corrected chi connectivity index (χ3v) is 10.8. The molecule has 2 aliphatic rings. The molecule has 11 rings (SSSR count). The van der Waals surface area contributed by atoms with Crippen LogP contribution in [0.15, 0.2) is 176 Å². The topological polar surface area (TPSA) is 47.9 Å². The van der Waals surface area contributed by atoms with Crippen LogP contribution in [0.4, 0.5) is 0 Å². The molecular formula is C48H29N3O. The summed E-state index contributed by atoms with van der Waals surface area (Å²) in [7, 11) is 0. The van der Waals surface area contributed by atoms with Crippen LogP contribution in [0.25, 0.3) is 66.8 Å². The van der Waals surface area contributed by atoms with Gasteiger partial charge in [0.05, 0.1) is 5.41 Å². The predicted octanol–water partition coefficient (Wildman–Crippen LogP) is 11.6.